The maximum atomic E-state index is 6.27. The van der Waals surface area contributed by atoms with Gasteiger partial charge in [-0.25, -0.2) is 4.98 Å². The van der Waals surface area contributed by atoms with Crippen LogP contribution in [0.4, 0.5) is 5.82 Å². The molecular weight excluding hydrogens is 390 g/mol. The van der Waals surface area contributed by atoms with Crippen molar-refractivity contribution in [3.8, 4) is 17.6 Å². The molecule has 1 aliphatic carbocycles. The SMILES string of the molecule is Nc1nc(OCCc2ccccc2)nc2c1nc(-c1ccco1)n2CC1CCCCC1. The molecule has 1 aromatic carbocycles. The Morgan fingerprint density at radius 2 is 1.84 bits per heavy atom. The zero-order valence-electron chi connectivity index (χ0n) is 17.5. The van der Waals surface area contributed by atoms with Crippen molar-refractivity contribution in [1.29, 1.82) is 0 Å². The minimum atomic E-state index is 0.289. The van der Waals surface area contributed by atoms with Gasteiger partial charge in [0.25, 0.3) is 0 Å². The summed E-state index contributed by atoms with van der Waals surface area (Å²) < 4.78 is 13.7. The molecule has 1 aliphatic rings. The van der Waals surface area contributed by atoms with Crippen LogP contribution >= 0.6 is 0 Å². The van der Waals surface area contributed by atoms with Gasteiger partial charge in [-0.3, -0.25) is 0 Å². The summed E-state index contributed by atoms with van der Waals surface area (Å²) in [6, 6.07) is 14.3. The second-order valence-electron chi connectivity index (χ2n) is 8.18. The summed E-state index contributed by atoms with van der Waals surface area (Å²) >= 11 is 0. The standard InChI is InChI=1S/C24H27N5O2/c25-21-20-23(28-24(27-21)31-15-13-17-8-3-1-4-9-17)29(16-18-10-5-2-6-11-18)22(26-20)19-12-7-14-30-19/h1,3-4,7-9,12,14,18H,2,5-6,10-11,13,15-16H2,(H2,25,27,28). The Kier molecular flexibility index (Phi) is 5.56. The van der Waals surface area contributed by atoms with Crippen LogP contribution in [0.3, 0.4) is 0 Å². The van der Waals surface area contributed by atoms with Crippen molar-refractivity contribution >= 4 is 17.0 Å². The fourth-order valence-corrected chi connectivity index (χ4v) is 4.37. The molecule has 0 spiro atoms. The van der Waals surface area contributed by atoms with Crippen LogP contribution in [0, 0.1) is 5.92 Å². The van der Waals surface area contributed by atoms with Gasteiger partial charge in [0.1, 0.15) is 0 Å². The molecule has 2 N–H and O–H groups in total. The third kappa shape index (κ3) is 4.26. The fourth-order valence-electron chi connectivity index (χ4n) is 4.37. The first-order chi connectivity index (χ1) is 15.3. The molecule has 3 heterocycles. The van der Waals surface area contributed by atoms with Crippen LogP contribution in [0.25, 0.3) is 22.7 Å². The maximum Gasteiger partial charge on any atom is 0.320 e. The van der Waals surface area contributed by atoms with Gasteiger partial charge < -0.3 is 19.5 Å². The lowest BCUT2D eigenvalue weighted by atomic mass is 9.89. The maximum absolute atomic E-state index is 6.27. The lowest BCUT2D eigenvalue weighted by molar-refractivity contribution is 0.296. The van der Waals surface area contributed by atoms with Gasteiger partial charge in [-0.15, -0.1) is 0 Å². The quantitative estimate of drug-likeness (QED) is 0.461. The Bertz CT molecular complexity index is 1130. The molecule has 0 saturated heterocycles. The third-order valence-corrected chi connectivity index (χ3v) is 5.97. The summed E-state index contributed by atoms with van der Waals surface area (Å²) in [7, 11) is 0. The number of hydrogen-bond donors (Lipinski definition) is 1. The van der Waals surface area contributed by atoms with Crippen molar-refractivity contribution < 1.29 is 9.15 Å². The highest BCUT2D eigenvalue weighted by atomic mass is 16.5. The average Bonchev–Trinajstić information content (AvgIpc) is 3.44. The van der Waals surface area contributed by atoms with E-state index >= 15 is 0 Å². The number of benzene rings is 1. The molecule has 3 aromatic heterocycles. The van der Waals surface area contributed by atoms with Gasteiger partial charge >= 0.3 is 6.01 Å². The van der Waals surface area contributed by atoms with Crippen LogP contribution in [0.15, 0.2) is 53.1 Å². The molecule has 160 valence electrons. The van der Waals surface area contributed by atoms with Crippen molar-refractivity contribution in [2.24, 2.45) is 5.92 Å². The molecular formula is C24H27N5O2. The molecule has 0 atom stereocenters. The first kappa shape index (κ1) is 19.6. The summed E-state index contributed by atoms with van der Waals surface area (Å²) in [5, 5.41) is 0. The van der Waals surface area contributed by atoms with Gasteiger partial charge in [0.05, 0.1) is 12.9 Å². The van der Waals surface area contributed by atoms with Gasteiger partial charge in [0, 0.05) is 13.0 Å². The lowest BCUT2D eigenvalue weighted by Crippen LogP contribution is -2.15. The zero-order chi connectivity index (χ0) is 21.0. The number of furan rings is 1. The van der Waals surface area contributed by atoms with E-state index in [0.717, 1.165) is 18.8 Å². The van der Waals surface area contributed by atoms with Gasteiger partial charge in [-0.05, 0) is 36.5 Å². The fraction of sp³-hybridized carbons (Fsp3) is 0.375. The highest BCUT2D eigenvalue weighted by Crippen LogP contribution is 2.32. The van der Waals surface area contributed by atoms with E-state index in [0.29, 0.717) is 35.3 Å². The number of imidazole rings is 1. The Labute approximate surface area is 181 Å². The molecule has 1 saturated carbocycles. The van der Waals surface area contributed by atoms with Crippen LogP contribution in [-0.2, 0) is 13.0 Å². The molecule has 7 nitrogen and oxygen atoms in total. The van der Waals surface area contributed by atoms with Crippen molar-refractivity contribution in [3.63, 3.8) is 0 Å². The predicted molar refractivity (Wildman–Crippen MR) is 120 cm³/mol. The van der Waals surface area contributed by atoms with Crippen LogP contribution in [0.5, 0.6) is 6.01 Å². The largest absolute Gasteiger partial charge is 0.463 e. The number of nitrogens with two attached hydrogens (primary N) is 1. The van der Waals surface area contributed by atoms with E-state index in [1.807, 2.05) is 30.3 Å². The smallest absolute Gasteiger partial charge is 0.320 e. The predicted octanol–water partition coefficient (Wildman–Crippen LogP) is 4.87. The summed E-state index contributed by atoms with van der Waals surface area (Å²) in [6.07, 6.45) is 8.75. The van der Waals surface area contributed by atoms with Crippen LogP contribution < -0.4 is 10.5 Å². The van der Waals surface area contributed by atoms with Crippen LogP contribution in [-0.4, -0.2) is 26.1 Å². The Balaban J connectivity index is 1.46. The lowest BCUT2D eigenvalue weighted by Gasteiger charge is -2.22. The van der Waals surface area contributed by atoms with E-state index < -0.39 is 0 Å². The van der Waals surface area contributed by atoms with Gasteiger partial charge in [-0.2, -0.15) is 9.97 Å². The molecule has 4 aromatic rings. The molecule has 0 amide bonds. The van der Waals surface area contributed by atoms with E-state index in [1.54, 1.807) is 6.26 Å². The van der Waals surface area contributed by atoms with E-state index in [9.17, 15) is 0 Å². The molecule has 0 aliphatic heterocycles. The summed E-state index contributed by atoms with van der Waals surface area (Å²) in [4.78, 5) is 13.8. The number of hydrogen-bond acceptors (Lipinski definition) is 6. The topological polar surface area (TPSA) is 92.0 Å². The molecule has 0 bridgehead atoms. The van der Waals surface area contributed by atoms with E-state index in [-0.39, 0.29) is 6.01 Å². The number of rotatable bonds is 7. The molecule has 1 fully saturated rings. The minimum Gasteiger partial charge on any atom is -0.463 e. The highest BCUT2D eigenvalue weighted by Gasteiger charge is 2.23. The van der Waals surface area contributed by atoms with Crippen molar-refractivity contribution in [3.05, 3.63) is 54.3 Å². The van der Waals surface area contributed by atoms with E-state index in [4.69, 9.17) is 24.9 Å². The van der Waals surface area contributed by atoms with Gasteiger partial charge in [-0.1, -0.05) is 49.6 Å². The first-order valence-electron chi connectivity index (χ1n) is 11.0. The average molecular weight is 418 g/mol. The molecule has 31 heavy (non-hydrogen) atoms. The number of nitrogens with zero attached hydrogens (tertiary/aromatic N) is 4. The van der Waals surface area contributed by atoms with E-state index in [1.165, 1.54) is 37.7 Å². The minimum absolute atomic E-state index is 0.289. The second-order valence-corrected chi connectivity index (χ2v) is 8.18. The normalized spacial score (nSPS) is 14.8. The molecule has 0 radical (unpaired) electrons. The Morgan fingerprint density at radius 3 is 2.61 bits per heavy atom. The van der Waals surface area contributed by atoms with Crippen LogP contribution in [0.2, 0.25) is 0 Å². The number of fused-ring (bicyclic) bond motifs is 1. The Hall–Kier alpha value is -3.35. The Morgan fingerprint density at radius 1 is 1.00 bits per heavy atom. The van der Waals surface area contributed by atoms with Crippen LogP contribution in [0.1, 0.15) is 37.7 Å². The molecule has 5 rings (SSSR count). The van der Waals surface area contributed by atoms with Crippen molar-refractivity contribution in [2.75, 3.05) is 12.3 Å². The van der Waals surface area contributed by atoms with Gasteiger partial charge in [0.15, 0.2) is 28.6 Å². The van der Waals surface area contributed by atoms with Gasteiger partial charge in [0.2, 0.25) is 0 Å². The summed E-state index contributed by atoms with van der Waals surface area (Å²) in [6.45, 7) is 1.32. The highest BCUT2D eigenvalue weighted by molar-refractivity contribution is 5.85. The monoisotopic (exact) mass is 417 g/mol. The first-order valence-corrected chi connectivity index (χ1v) is 11.0. The molecule has 0 unspecified atom stereocenters. The van der Waals surface area contributed by atoms with E-state index in [2.05, 4.69) is 21.7 Å². The van der Waals surface area contributed by atoms with Crippen molar-refractivity contribution in [2.45, 2.75) is 45.1 Å². The summed E-state index contributed by atoms with van der Waals surface area (Å²) in [5.74, 6) is 2.38. The number of ether oxygens (including phenoxy) is 1. The second kappa shape index (κ2) is 8.79. The third-order valence-electron chi connectivity index (χ3n) is 5.97. The summed E-state index contributed by atoms with van der Waals surface area (Å²) in [5.41, 5.74) is 8.78. The number of nitrogen functional groups attached to an aromatic ring is 1. The zero-order valence-corrected chi connectivity index (χ0v) is 17.5. The number of anilines is 1. The molecule has 7 heteroatoms. The van der Waals surface area contributed by atoms with Crippen molar-refractivity contribution in [1.82, 2.24) is 19.5 Å². The number of aromatic nitrogens is 4.